The molecule has 0 bridgehead atoms. The van der Waals surface area contributed by atoms with Crippen molar-refractivity contribution in [1.29, 1.82) is 0 Å². The average Bonchev–Trinajstić information content (AvgIpc) is 1.50. The molecule has 6 heteroatoms. The number of benzene rings is 19. The van der Waals surface area contributed by atoms with Crippen LogP contribution in [0.1, 0.15) is 44.5 Å². The molecule has 0 unspecified atom stereocenters. The Kier molecular flexibility index (Phi) is 19.4. The number of aromatic nitrogens is 4. The van der Waals surface area contributed by atoms with E-state index in [0.29, 0.717) is 23.0 Å². The van der Waals surface area contributed by atoms with Crippen molar-refractivity contribution in [2.75, 3.05) is 0 Å². The van der Waals surface area contributed by atoms with Crippen LogP contribution in [0.2, 0.25) is 0 Å². The highest BCUT2D eigenvalue weighted by Gasteiger charge is 2.52. The molecular formula is C124H78N6. The summed E-state index contributed by atoms with van der Waals surface area (Å²) < 4.78 is 0. The lowest BCUT2D eigenvalue weighted by Crippen LogP contribution is -2.28. The standard InChI is InChI=1S/C66H43N3.C58H35N3/c1-67-58-37-38-59-60-42-54(36-39-61(60)66(62(59)43-58,56-24-10-4-11-25-56)57-26-12-5-13-27-57)52-21-14-20-51(40-52)53-22-15-23-55(41-53)64-44-63(49-32-28-47(29-33-49)45-16-6-2-7-17-45)68-65(69-64)50-34-30-48(31-35-50)46-18-8-3-9-19-46;1-59-45-30-31-49-53(35-45)58(50-25-9-7-22-47(50)48-23-8-10-26-51(48)58)52-27-13-24-46(56(49)52)42-20-11-18-40(32-42)41-19-12-21-44(34-41)57-60-54(38-15-3-2-4-16-38)36-55(61-57)43-29-28-37-14-5-6-17-39(37)33-43/h2-44H;2-36H. The van der Waals surface area contributed by atoms with E-state index in [1.54, 1.807) is 0 Å². The summed E-state index contributed by atoms with van der Waals surface area (Å²) >= 11 is 0. The molecule has 604 valence electrons. The zero-order valence-corrected chi connectivity index (χ0v) is 70.7. The van der Waals surface area contributed by atoms with Crippen molar-refractivity contribution in [3.8, 4) is 168 Å². The molecule has 3 aliphatic rings. The topological polar surface area (TPSA) is 60.3 Å². The van der Waals surface area contributed by atoms with Crippen molar-refractivity contribution in [3.05, 3.63) is 541 Å². The molecule has 21 aromatic rings. The molecule has 0 N–H and O–H groups in total. The molecule has 0 saturated carbocycles. The first-order valence-corrected chi connectivity index (χ1v) is 44.0. The Hall–Kier alpha value is -17.4. The fourth-order valence-electron chi connectivity index (χ4n) is 20.3. The van der Waals surface area contributed by atoms with E-state index in [-0.39, 0.29) is 0 Å². The number of hydrogen-bond donors (Lipinski definition) is 0. The van der Waals surface area contributed by atoms with Gasteiger partial charge in [-0.2, -0.15) is 0 Å². The first-order valence-electron chi connectivity index (χ1n) is 44.0. The number of fused-ring (bicyclic) bond motifs is 14. The second kappa shape index (κ2) is 32.6. The van der Waals surface area contributed by atoms with Crippen molar-refractivity contribution in [2.45, 2.75) is 10.8 Å². The van der Waals surface area contributed by atoms with Gasteiger partial charge >= 0.3 is 0 Å². The van der Waals surface area contributed by atoms with Crippen LogP contribution in [-0.4, -0.2) is 19.9 Å². The summed E-state index contributed by atoms with van der Waals surface area (Å²) in [6, 6.07) is 168. The highest BCUT2D eigenvalue weighted by atomic mass is 14.9. The van der Waals surface area contributed by atoms with Gasteiger partial charge in [0.15, 0.2) is 23.0 Å². The van der Waals surface area contributed by atoms with Gasteiger partial charge in [-0.15, -0.1) is 0 Å². The van der Waals surface area contributed by atoms with Gasteiger partial charge in [-0.3, -0.25) is 0 Å². The summed E-state index contributed by atoms with van der Waals surface area (Å²) in [5, 5.41) is 2.38. The minimum atomic E-state index is -0.577. The van der Waals surface area contributed by atoms with Gasteiger partial charge in [-0.05, 0) is 204 Å². The van der Waals surface area contributed by atoms with Crippen LogP contribution < -0.4 is 0 Å². The van der Waals surface area contributed by atoms with Crippen LogP contribution in [0.15, 0.2) is 473 Å². The molecule has 130 heavy (non-hydrogen) atoms. The highest BCUT2D eigenvalue weighted by Crippen LogP contribution is 2.65. The summed E-state index contributed by atoms with van der Waals surface area (Å²) in [5.41, 5.74) is 40.2. The third kappa shape index (κ3) is 13.5. The third-order valence-electron chi connectivity index (χ3n) is 26.3. The Morgan fingerprint density at radius 1 is 0.169 bits per heavy atom. The zero-order chi connectivity index (χ0) is 86.6. The normalized spacial score (nSPS) is 12.4. The molecule has 6 nitrogen and oxygen atoms in total. The summed E-state index contributed by atoms with van der Waals surface area (Å²) in [6.45, 7) is 16.0. The quantitative estimate of drug-likeness (QED) is 0.102. The first-order chi connectivity index (χ1) is 64.3. The second-order valence-corrected chi connectivity index (χ2v) is 33.6. The molecular weight excluding hydrogens is 1570 g/mol. The highest BCUT2D eigenvalue weighted by molar-refractivity contribution is 6.02. The van der Waals surface area contributed by atoms with E-state index in [1.807, 2.05) is 30.3 Å². The van der Waals surface area contributed by atoms with E-state index in [9.17, 15) is 0 Å². The maximum absolute atomic E-state index is 8.01. The van der Waals surface area contributed by atoms with E-state index in [2.05, 4.69) is 453 Å². The van der Waals surface area contributed by atoms with Gasteiger partial charge in [0.1, 0.15) is 0 Å². The Bertz CT molecular complexity index is 7910. The van der Waals surface area contributed by atoms with Crippen molar-refractivity contribution in [3.63, 3.8) is 0 Å². The van der Waals surface area contributed by atoms with Crippen molar-refractivity contribution in [2.24, 2.45) is 0 Å². The molecule has 0 amide bonds. The van der Waals surface area contributed by atoms with Gasteiger partial charge in [0.25, 0.3) is 0 Å². The number of hydrogen-bond acceptors (Lipinski definition) is 4. The first kappa shape index (κ1) is 77.4. The van der Waals surface area contributed by atoms with Gasteiger partial charge in [0, 0.05) is 33.4 Å². The molecule has 2 heterocycles. The smallest absolute Gasteiger partial charge is 0.187 e. The van der Waals surface area contributed by atoms with Crippen LogP contribution in [0.4, 0.5) is 11.4 Å². The van der Waals surface area contributed by atoms with Gasteiger partial charge in [0.2, 0.25) is 0 Å². The lowest BCUT2D eigenvalue weighted by atomic mass is 9.67. The molecule has 24 rings (SSSR count). The van der Waals surface area contributed by atoms with Crippen LogP contribution in [0.5, 0.6) is 0 Å². The Labute approximate surface area is 756 Å². The predicted octanol–water partition coefficient (Wildman–Crippen LogP) is 31.9. The summed E-state index contributed by atoms with van der Waals surface area (Å²) in [5.74, 6) is 1.36. The zero-order valence-electron chi connectivity index (χ0n) is 70.7. The van der Waals surface area contributed by atoms with Gasteiger partial charge in [-0.1, -0.05) is 425 Å². The van der Waals surface area contributed by atoms with E-state index in [0.717, 1.165) is 117 Å². The molecule has 0 fully saturated rings. The summed E-state index contributed by atoms with van der Waals surface area (Å²) in [4.78, 5) is 28.7. The number of rotatable bonds is 14. The van der Waals surface area contributed by atoms with E-state index >= 15 is 0 Å². The van der Waals surface area contributed by atoms with Crippen LogP contribution in [0, 0.1) is 13.1 Å². The Balaban J connectivity index is 0.000000149. The van der Waals surface area contributed by atoms with Gasteiger partial charge in [0.05, 0.1) is 46.7 Å². The fourth-order valence-corrected chi connectivity index (χ4v) is 20.3. The van der Waals surface area contributed by atoms with Crippen LogP contribution in [-0.2, 0) is 10.8 Å². The monoisotopic (exact) mass is 1650 g/mol. The van der Waals surface area contributed by atoms with Crippen molar-refractivity contribution in [1.82, 2.24) is 19.9 Å². The van der Waals surface area contributed by atoms with Gasteiger partial charge in [-0.25, -0.2) is 29.6 Å². The molecule has 0 saturated heterocycles. The van der Waals surface area contributed by atoms with Crippen molar-refractivity contribution < 1.29 is 0 Å². The Morgan fingerprint density at radius 2 is 0.500 bits per heavy atom. The van der Waals surface area contributed by atoms with Gasteiger partial charge < -0.3 is 0 Å². The average molecular weight is 1650 g/mol. The van der Waals surface area contributed by atoms with E-state index < -0.39 is 10.8 Å². The molecule has 2 aromatic heterocycles. The van der Waals surface area contributed by atoms with Crippen LogP contribution >= 0.6 is 0 Å². The molecule has 0 radical (unpaired) electrons. The molecule has 1 spiro atoms. The van der Waals surface area contributed by atoms with E-state index in [4.69, 9.17) is 33.1 Å². The van der Waals surface area contributed by atoms with Crippen molar-refractivity contribution >= 4 is 22.1 Å². The maximum atomic E-state index is 8.01. The molecule has 0 aliphatic heterocycles. The van der Waals surface area contributed by atoms with Crippen LogP contribution in [0.25, 0.3) is 188 Å². The lowest BCUT2D eigenvalue weighted by Gasteiger charge is -2.34. The minimum Gasteiger partial charge on any atom is -0.238 e. The van der Waals surface area contributed by atoms with Crippen LogP contribution in [0.3, 0.4) is 0 Å². The Morgan fingerprint density at radius 3 is 1.05 bits per heavy atom. The molecule has 0 atom stereocenters. The SMILES string of the molecule is [C-]#[N+]c1ccc2c(c1)C(c1ccccc1)(c1ccccc1)c1ccc(-c3cccc(-c4cccc(-c5cc(-c6ccc(-c7ccccc7)cc6)nc(-c6ccc(-c7ccccc7)cc6)n5)c4)c3)cc1-2.[C-]#[N+]c1ccc2c(c1)C1(c3ccccc3-c3ccccc31)c1cccc(-c3cccc(-c4cccc(-c5nc(-c6ccccc6)cc(-c6ccc7ccccc7c6)n5)c4)c3)c1-2. The predicted molar refractivity (Wildman–Crippen MR) is 533 cm³/mol. The molecule has 19 aromatic carbocycles. The lowest BCUT2D eigenvalue weighted by molar-refractivity contribution is 0.769. The second-order valence-electron chi connectivity index (χ2n) is 33.6. The molecule has 3 aliphatic carbocycles. The minimum absolute atomic E-state index is 0.527. The fraction of sp³-hybridized carbons (Fsp3) is 0.0161. The number of nitrogens with zero attached hydrogens (tertiary/aromatic N) is 6. The third-order valence-corrected chi connectivity index (χ3v) is 26.3. The summed E-state index contributed by atoms with van der Waals surface area (Å²) in [6.07, 6.45) is 0. The maximum Gasteiger partial charge on any atom is 0.187 e. The van der Waals surface area contributed by atoms with E-state index in [1.165, 1.54) is 94.2 Å². The summed E-state index contributed by atoms with van der Waals surface area (Å²) in [7, 11) is 0. The largest absolute Gasteiger partial charge is 0.238 e.